The molecule has 1 fully saturated rings. The fraction of sp³-hybridized carbons (Fsp3) is 0.682. The first-order chi connectivity index (χ1) is 27.6. The van der Waals surface area contributed by atoms with Gasteiger partial charge in [-0.05, 0) is 72.3 Å². The number of amides is 3. The van der Waals surface area contributed by atoms with Crippen molar-refractivity contribution in [2.24, 2.45) is 11.1 Å². The number of carbonyl (C=O) groups excluding carboxylic acids is 3. The molecule has 0 saturated carbocycles. The molecule has 2 heterocycles. The maximum atomic E-state index is 12.6. The van der Waals surface area contributed by atoms with Crippen LogP contribution in [0.4, 0.5) is 5.13 Å². The summed E-state index contributed by atoms with van der Waals surface area (Å²) >= 11 is 3.36. The number of rotatable bonds is 25. The third-order valence-electron chi connectivity index (χ3n) is 9.43. The first kappa shape index (κ1) is 52.7. The van der Waals surface area contributed by atoms with E-state index < -0.39 is 5.41 Å². The fourth-order valence-corrected chi connectivity index (χ4v) is 8.31. The summed E-state index contributed by atoms with van der Waals surface area (Å²) in [7, 11) is 0. The maximum Gasteiger partial charge on any atom is 0.228 e. The van der Waals surface area contributed by atoms with Crippen LogP contribution >= 0.6 is 23.1 Å². The number of aromatic nitrogens is 1. The number of aryl methyl sites for hydroxylation is 1. The van der Waals surface area contributed by atoms with Crippen molar-refractivity contribution in [3.63, 3.8) is 0 Å². The maximum absolute atomic E-state index is 12.6. The number of thioether (sulfide) groups is 1. The zero-order valence-corrected chi connectivity index (χ0v) is 39.0. The lowest BCUT2D eigenvalue weighted by atomic mass is 9.88. The Labute approximate surface area is 359 Å². The molecule has 14 heteroatoms. The largest absolute Gasteiger partial charge is 0.401 e. The minimum Gasteiger partial charge on any atom is -0.401 e. The Morgan fingerprint density at radius 3 is 2.45 bits per heavy atom. The van der Waals surface area contributed by atoms with Crippen LogP contribution in [0.25, 0.3) is 0 Å². The lowest BCUT2D eigenvalue weighted by molar-refractivity contribution is -0.130. The van der Waals surface area contributed by atoms with E-state index >= 15 is 0 Å². The number of hydrogen-bond donors (Lipinski definition) is 6. The van der Waals surface area contributed by atoms with Crippen molar-refractivity contribution < 1.29 is 19.1 Å². The summed E-state index contributed by atoms with van der Waals surface area (Å²) in [6, 6.07) is 0.513. The molecule has 1 aliphatic heterocycles. The highest BCUT2D eigenvalue weighted by atomic mass is 32.2. The average Bonchev–Trinajstić information content (AvgIpc) is 3.70. The summed E-state index contributed by atoms with van der Waals surface area (Å²) in [4.78, 5) is 44.7. The second-order valence-corrected chi connectivity index (χ2v) is 17.7. The number of anilines is 1. The highest BCUT2D eigenvalue weighted by Gasteiger charge is 2.33. The topological polar surface area (TPSA) is 163 Å². The van der Waals surface area contributed by atoms with E-state index in [1.165, 1.54) is 10.6 Å². The van der Waals surface area contributed by atoms with E-state index in [1.54, 1.807) is 23.1 Å². The predicted octanol–water partition coefficient (Wildman–Crippen LogP) is 7.41. The molecule has 1 aromatic heterocycles. The van der Waals surface area contributed by atoms with E-state index in [2.05, 4.69) is 78.2 Å². The van der Waals surface area contributed by atoms with Gasteiger partial charge in [-0.25, -0.2) is 4.98 Å². The number of likely N-dealkylation sites (tertiary alicyclic amines) is 1. The van der Waals surface area contributed by atoms with E-state index in [0.29, 0.717) is 62.3 Å². The van der Waals surface area contributed by atoms with Crippen molar-refractivity contribution in [2.45, 2.75) is 144 Å². The molecule has 3 rings (SSSR count). The number of ether oxygens (including phenoxy) is 1. The molecule has 0 radical (unpaired) electrons. The van der Waals surface area contributed by atoms with E-state index in [4.69, 9.17) is 10.5 Å². The molecule has 2 aliphatic rings. The summed E-state index contributed by atoms with van der Waals surface area (Å²) in [5, 5.41) is 16.9. The Kier molecular flexibility index (Phi) is 26.3. The zero-order valence-electron chi connectivity index (χ0n) is 37.4. The molecule has 2 atom stereocenters. The van der Waals surface area contributed by atoms with Gasteiger partial charge in [0.1, 0.15) is 0 Å². The second-order valence-electron chi connectivity index (χ2n) is 15.3. The molecule has 58 heavy (non-hydrogen) atoms. The standard InChI is InChI=1S/C30H48N6O2S2.C12H24N2O2.C2H6/c1-6-9-23(31-8-3)14-17-36-22(5)26(20-29(36)38)39-18-16-32-21(4)10-13-28(37)35-30-34-25-12-11-24(33-15-7-2)19-27(25)40-30;1-9(2)16-7-6-12(4,5)11(15)14-8-10(3)13;1-2/h9,24,26,31-33H,4-8,10-20H2,1-3H3,(H,34,35,37);9H,3,6-8,13H2,1-2,4-5H3,(H,14,15);1-2H3. The number of allylic oxidation sites excluding steroid dienone is 2. The lowest BCUT2D eigenvalue weighted by Gasteiger charge is -2.24. The first-order valence-corrected chi connectivity index (χ1v) is 23.3. The number of nitrogens with two attached hydrogens (primary N) is 1. The van der Waals surface area contributed by atoms with E-state index in [1.807, 2.05) is 46.4 Å². The van der Waals surface area contributed by atoms with Crippen LogP contribution in [0.1, 0.15) is 124 Å². The van der Waals surface area contributed by atoms with Crippen LogP contribution in [0.15, 0.2) is 48.6 Å². The summed E-state index contributed by atoms with van der Waals surface area (Å²) < 4.78 is 5.43. The van der Waals surface area contributed by atoms with Crippen LogP contribution in [-0.4, -0.2) is 90.1 Å². The van der Waals surface area contributed by atoms with Gasteiger partial charge < -0.3 is 42.0 Å². The Bertz CT molecular complexity index is 1470. The number of hydrogen-bond acceptors (Lipinski definition) is 11. The number of nitrogens with one attached hydrogen (secondary N) is 5. The van der Waals surface area contributed by atoms with Gasteiger partial charge in [0.15, 0.2) is 5.13 Å². The third-order valence-corrected chi connectivity index (χ3v) is 11.7. The van der Waals surface area contributed by atoms with Gasteiger partial charge in [-0.2, -0.15) is 0 Å². The van der Waals surface area contributed by atoms with Gasteiger partial charge in [-0.3, -0.25) is 14.4 Å². The van der Waals surface area contributed by atoms with E-state index in [-0.39, 0.29) is 29.1 Å². The van der Waals surface area contributed by atoms with Crippen LogP contribution in [0.5, 0.6) is 0 Å². The molecular weight excluding hydrogens is 769 g/mol. The Hall–Kier alpha value is -3.33. The molecule has 0 spiro atoms. The monoisotopic (exact) mass is 847 g/mol. The molecule has 2 unspecified atom stereocenters. The van der Waals surface area contributed by atoms with E-state index in [9.17, 15) is 14.4 Å². The van der Waals surface area contributed by atoms with Gasteiger partial charge >= 0.3 is 0 Å². The summed E-state index contributed by atoms with van der Waals surface area (Å²) in [6.45, 7) is 34.2. The van der Waals surface area contributed by atoms with Gasteiger partial charge in [0.25, 0.3) is 0 Å². The molecule has 7 N–H and O–H groups in total. The zero-order chi connectivity index (χ0) is 43.7. The average molecular weight is 847 g/mol. The van der Waals surface area contributed by atoms with Gasteiger partial charge in [0.2, 0.25) is 17.7 Å². The number of nitrogens with zero attached hydrogens (tertiary/aromatic N) is 2. The quantitative estimate of drug-likeness (QED) is 0.0547. The normalized spacial score (nSPS) is 16.4. The van der Waals surface area contributed by atoms with Crippen LogP contribution in [0, 0.1) is 5.41 Å². The van der Waals surface area contributed by atoms with Crippen LogP contribution in [0.3, 0.4) is 0 Å². The Balaban J connectivity index is 0.000000785. The third kappa shape index (κ3) is 20.6. The first-order valence-electron chi connectivity index (χ1n) is 21.4. The molecule has 3 amide bonds. The van der Waals surface area contributed by atoms with Crippen molar-refractivity contribution in [3.8, 4) is 0 Å². The van der Waals surface area contributed by atoms with Crippen LogP contribution in [0.2, 0.25) is 0 Å². The SMILES string of the molecule is C=C(CCC(=O)Nc1nc2c(s1)CC(NCCC)CC2)NCCSC1CC(=O)N(CCC(=CCC)NCC)C1=C.C=C(N)CNC(=O)C(C)(C)CCOC(C)C.CC. The second kappa shape index (κ2) is 29.0. The highest BCUT2D eigenvalue weighted by Crippen LogP contribution is 2.32. The van der Waals surface area contributed by atoms with Crippen LogP contribution in [-0.2, 0) is 32.0 Å². The Morgan fingerprint density at radius 2 is 1.81 bits per heavy atom. The molecule has 1 saturated heterocycles. The minimum atomic E-state index is -0.440. The molecule has 330 valence electrons. The van der Waals surface area contributed by atoms with Crippen molar-refractivity contribution >= 4 is 46.0 Å². The molecule has 0 aromatic carbocycles. The van der Waals surface area contributed by atoms with Crippen molar-refractivity contribution in [1.82, 2.24) is 31.2 Å². The van der Waals surface area contributed by atoms with Gasteiger partial charge in [0, 0.05) is 90.4 Å². The van der Waals surface area contributed by atoms with Crippen molar-refractivity contribution in [2.75, 3.05) is 50.4 Å². The number of thiazole rings is 1. The van der Waals surface area contributed by atoms with Crippen molar-refractivity contribution in [1.29, 1.82) is 0 Å². The summed E-state index contributed by atoms with van der Waals surface area (Å²) in [6.07, 6.45) is 10.5. The van der Waals surface area contributed by atoms with Gasteiger partial charge in [0.05, 0.1) is 23.6 Å². The number of carbonyl (C=O) groups is 3. The molecule has 1 aliphatic carbocycles. The summed E-state index contributed by atoms with van der Waals surface area (Å²) in [5.74, 6) is 0.947. The lowest BCUT2D eigenvalue weighted by Crippen LogP contribution is -2.39. The smallest absolute Gasteiger partial charge is 0.228 e. The fourth-order valence-electron chi connectivity index (χ4n) is 6.12. The van der Waals surface area contributed by atoms with Crippen LogP contribution < -0.4 is 32.3 Å². The molecular formula is C44H78N8O4S2. The molecule has 1 aromatic rings. The summed E-state index contributed by atoms with van der Waals surface area (Å²) in [5.41, 5.74) is 9.50. The molecule has 12 nitrogen and oxygen atoms in total. The Morgan fingerprint density at radius 1 is 1.09 bits per heavy atom. The van der Waals surface area contributed by atoms with Gasteiger partial charge in [-0.15, -0.1) is 23.1 Å². The molecule has 0 bridgehead atoms. The minimum absolute atomic E-state index is 0.0218. The van der Waals surface area contributed by atoms with E-state index in [0.717, 1.165) is 81.0 Å². The highest BCUT2D eigenvalue weighted by molar-refractivity contribution is 8.00. The van der Waals surface area contributed by atoms with Gasteiger partial charge in [-0.1, -0.05) is 67.4 Å². The van der Waals surface area contributed by atoms with Crippen molar-refractivity contribution in [3.05, 3.63) is 59.2 Å². The predicted molar refractivity (Wildman–Crippen MR) is 247 cm³/mol. The number of fused-ring (bicyclic) bond motifs is 1.